The molecule has 1 aromatic heterocycles. The van der Waals surface area contributed by atoms with E-state index in [0.29, 0.717) is 19.3 Å². The Balaban J connectivity index is 1.79. The second-order valence-electron chi connectivity index (χ2n) is 5.21. The van der Waals surface area contributed by atoms with Crippen molar-refractivity contribution in [2.24, 2.45) is 0 Å². The van der Waals surface area contributed by atoms with E-state index in [1.165, 1.54) is 4.88 Å². The molecule has 2 rings (SSSR count). The van der Waals surface area contributed by atoms with Crippen molar-refractivity contribution in [1.29, 1.82) is 0 Å². The van der Waals surface area contributed by atoms with Crippen LogP contribution in [-0.4, -0.2) is 23.0 Å². The van der Waals surface area contributed by atoms with Crippen LogP contribution in [0.5, 0.6) is 0 Å². The lowest BCUT2D eigenvalue weighted by Gasteiger charge is -2.14. The Morgan fingerprint density at radius 2 is 1.91 bits per heavy atom. The first kappa shape index (κ1) is 17.7. The molecule has 4 nitrogen and oxygen atoms in total. The highest BCUT2D eigenvalue weighted by atomic mass is 79.9. The Labute approximate surface area is 147 Å². The van der Waals surface area contributed by atoms with Crippen LogP contribution in [0.25, 0.3) is 0 Å². The summed E-state index contributed by atoms with van der Waals surface area (Å²) in [6.07, 6.45) is 2.14. The number of hydrogen-bond acceptors (Lipinski definition) is 3. The first-order valence-corrected chi connectivity index (χ1v) is 8.96. The van der Waals surface area contributed by atoms with Gasteiger partial charge >= 0.3 is 5.97 Å². The Morgan fingerprint density at radius 1 is 1.17 bits per heavy atom. The Kier molecular flexibility index (Phi) is 6.80. The van der Waals surface area contributed by atoms with E-state index >= 15 is 0 Å². The molecule has 1 aromatic carbocycles. The fourth-order valence-corrected chi connectivity index (χ4v) is 3.75. The average Bonchev–Trinajstić information content (AvgIpc) is 2.93. The molecule has 6 heteroatoms. The van der Waals surface area contributed by atoms with Crippen LogP contribution in [0.1, 0.15) is 23.3 Å². The monoisotopic (exact) mass is 395 g/mol. The zero-order valence-corrected chi connectivity index (χ0v) is 14.9. The van der Waals surface area contributed by atoms with Crippen molar-refractivity contribution in [3.8, 4) is 0 Å². The summed E-state index contributed by atoms with van der Waals surface area (Å²) in [4.78, 5) is 24.5. The quantitative estimate of drug-likeness (QED) is 0.716. The lowest BCUT2D eigenvalue weighted by atomic mass is 10.1. The summed E-state index contributed by atoms with van der Waals surface area (Å²) in [5.74, 6) is -1.23. The van der Waals surface area contributed by atoms with Gasteiger partial charge in [-0.15, -0.1) is 11.3 Å². The molecule has 2 N–H and O–H groups in total. The normalized spacial score (nSPS) is 11.9. The third-order valence-corrected chi connectivity index (χ3v) is 5.06. The fraction of sp³-hybridized carbons (Fsp3) is 0.294. The lowest BCUT2D eigenvalue weighted by Crippen LogP contribution is -2.42. The maximum Gasteiger partial charge on any atom is 0.326 e. The number of carboxylic acids is 1. The second kappa shape index (κ2) is 8.84. The van der Waals surface area contributed by atoms with Crippen LogP contribution >= 0.6 is 27.3 Å². The molecule has 0 radical (unpaired) electrons. The first-order chi connectivity index (χ1) is 11.0. The van der Waals surface area contributed by atoms with Crippen LogP contribution in [0.3, 0.4) is 0 Å². The molecular weight excluding hydrogens is 378 g/mol. The maximum absolute atomic E-state index is 12.0. The molecule has 0 unspecified atom stereocenters. The number of benzene rings is 1. The van der Waals surface area contributed by atoms with Crippen LogP contribution in [0.2, 0.25) is 0 Å². The van der Waals surface area contributed by atoms with Gasteiger partial charge in [-0.3, -0.25) is 4.79 Å². The van der Waals surface area contributed by atoms with E-state index in [0.717, 1.165) is 15.8 Å². The number of rotatable bonds is 8. The molecule has 0 bridgehead atoms. The number of aryl methyl sites for hydroxylation is 1. The number of aliphatic carboxylic acids is 1. The van der Waals surface area contributed by atoms with Crippen molar-refractivity contribution in [3.63, 3.8) is 0 Å². The molecule has 2 aromatic rings. The van der Waals surface area contributed by atoms with E-state index < -0.39 is 12.0 Å². The van der Waals surface area contributed by atoms with Crippen LogP contribution in [0.15, 0.2) is 46.3 Å². The molecule has 1 amide bonds. The number of amides is 1. The third-order valence-electron chi connectivity index (χ3n) is 3.37. The first-order valence-electron chi connectivity index (χ1n) is 7.35. The van der Waals surface area contributed by atoms with Gasteiger partial charge < -0.3 is 10.4 Å². The van der Waals surface area contributed by atoms with Gasteiger partial charge in [0.15, 0.2) is 0 Å². The number of carbonyl (C=O) groups is 2. The summed E-state index contributed by atoms with van der Waals surface area (Å²) < 4.78 is 1.07. The average molecular weight is 396 g/mol. The zero-order chi connectivity index (χ0) is 16.7. The molecule has 0 aliphatic heterocycles. The zero-order valence-electron chi connectivity index (χ0n) is 12.5. The Morgan fingerprint density at radius 3 is 2.52 bits per heavy atom. The van der Waals surface area contributed by atoms with Crippen molar-refractivity contribution in [3.05, 3.63) is 56.7 Å². The van der Waals surface area contributed by atoms with Gasteiger partial charge in [-0.2, -0.15) is 0 Å². The van der Waals surface area contributed by atoms with Crippen molar-refractivity contribution >= 4 is 39.1 Å². The number of carbonyl (C=O) groups excluding carboxylic acids is 1. The summed E-state index contributed by atoms with van der Waals surface area (Å²) in [6, 6.07) is 12.4. The van der Waals surface area contributed by atoms with Crippen molar-refractivity contribution < 1.29 is 14.7 Å². The molecular formula is C17H18BrNO3S. The second-order valence-corrected chi connectivity index (χ2v) is 7.75. The van der Waals surface area contributed by atoms with E-state index in [9.17, 15) is 14.7 Å². The van der Waals surface area contributed by atoms with E-state index in [2.05, 4.69) is 21.2 Å². The van der Waals surface area contributed by atoms with Gasteiger partial charge in [0.2, 0.25) is 5.91 Å². The van der Waals surface area contributed by atoms with Crippen molar-refractivity contribution in [2.45, 2.75) is 31.7 Å². The molecule has 0 aliphatic rings. The standard InChI is InChI=1S/C17H18BrNO3S/c18-15-10-9-13(23-15)7-4-8-16(20)19-14(17(21)22)11-12-5-2-1-3-6-12/h1-3,5-6,9-10,14H,4,7-8,11H2,(H,19,20)(H,21,22)/t14-/m0/s1. The summed E-state index contributed by atoms with van der Waals surface area (Å²) in [5.41, 5.74) is 0.892. The molecule has 1 atom stereocenters. The number of halogens is 1. The molecule has 0 spiro atoms. The number of carboxylic acid groups (broad SMARTS) is 1. The van der Waals surface area contributed by atoms with Crippen molar-refractivity contribution in [1.82, 2.24) is 5.32 Å². The summed E-state index contributed by atoms with van der Waals surface area (Å²) in [6.45, 7) is 0. The SMILES string of the molecule is O=C(CCCc1ccc(Br)s1)N[C@@H](Cc1ccccc1)C(=O)O. The topological polar surface area (TPSA) is 66.4 Å². The largest absolute Gasteiger partial charge is 0.480 e. The Hall–Kier alpha value is -1.66. The molecule has 0 saturated heterocycles. The van der Waals surface area contributed by atoms with E-state index in [1.807, 2.05) is 42.5 Å². The summed E-state index contributed by atoms with van der Waals surface area (Å²) in [7, 11) is 0. The van der Waals surface area contributed by atoms with Gasteiger partial charge in [-0.25, -0.2) is 4.79 Å². The minimum atomic E-state index is -1.01. The van der Waals surface area contributed by atoms with E-state index in [4.69, 9.17) is 0 Å². The third kappa shape index (κ3) is 6.15. The highest BCUT2D eigenvalue weighted by Gasteiger charge is 2.20. The Bertz CT molecular complexity index is 657. The predicted octanol–water partition coefficient (Wildman–Crippen LogP) is 3.65. The maximum atomic E-state index is 12.0. The molecule has 23 heavy (non-hydrogen) atoms. The van der Waals surface area contributed by atoms with Gasteiger partial charge in [0.25, 0.3) is 0 Å². The highest BCUT2D eigenvalue weighted by molar-refractivity contribution is 9.11. The molecule has 0 aliphatic carbocycles. The van der Waals surface area contributed by atoms with Gasteiger partial charge in [0, 0.05) is 17.7 Å². The van der Waals surface area contributed by atoms with E-state index in [1.54, 1.807) is 11.3 Å². The highest BCUT2D eigenvalue weighted by Crippen LogP contribution is 2.23. The fourth-order valence-electron chi connectivity index (χ4n) is 2.23. The van der Waals surface area contributed by atoms with Crippen LogP contribution in [0.4, 0.5) is 0 Å². The molecule has 1 heterocycles. The van der Waals surface area contributed by atoms with Gasteiger partial charge in [-0.05, 0) is 46.5 Å². The smallest absolute Gasteiger partial charge is 0.326 e. The van der Waals surface area contributed by atoms with Crippen LogP contribution < -0.4 is 5.32 Å². The van der Waals surface area contributed by atoms with Gasteiger partial charge in [0.05, 0.1) is 3.79 Å². The minimum absolute atomic E-state index is 0.219. The van der Waals surface area contributed by atoms with E-state index in [-0.39, 0.29) is 5.91 Å². The van der Waals surface area contributed by atoms with Crippen LogP contribution in [-0.2, 0) is 22.4 Å². The number of nitrogens with one attached hydrogen (secondary N) is 1. The molecule has 122 valence electrons. The summed E-state index contributed by atoms with van der Waals surface area (Å²) in [5, 5.41) is 11.9. The lowest BCUT2D eigenvalue weighted by molar-refractivity contribution is -0.141. The van der Waals surface area contributed by atoms with Crippen LogP contribution in [0, 0.1) is 0 Å². The minimum Gasteiger partial charge on any atom is -0.480 e. The predicted molar refractivity (Wildman–Crippen MR) is 94.7 cm³/mol. The molecule has 0 fully saturated rings. The number of thiophene rings is 1. The molecule has 0 saturated carbocycles. The summed E-state index contributed by atoms with van der Waals surface area (Å²) >= 11 is 5.06. The van der Waals surface area contributed by atoms with Gasteiger partial charge in [0.1, 0.15) is 6.04 Å². The van der Waals surface area contributed by atoms with Gasteiger partial charge in [-0.1, -0.05) is 30.3 Å². The number of hydrogen-bond donors (Lipinski definition) is 2. The van der Waals surface area contributed by atoms with Crippen molar-refractivity contribution in [2.75, 3.05) is 0 Å².